The fraction of sp³-hybridized carbons (Fsp3) is 0.409. The molecule has 0 aliphatic heterocycles. The predicted octanol–water partition coefficient (Wildman–Crippen LogP) is 4.58. The Morgan fingerprint density at radius 1 is 1.09 bits per heavy atom. The van der Waals surface area contributed by atoms with Crippen molar-refractivity contribution < 1.29 is 31.5 Å². The second-order valence-corrected chi connectivity index (χ2v) is 11.2. The Bertz CT molecular complexity index is 1170. The Kier molecular flexibility index (Phi) is 6.02. The van der Waals surface area contributed by atoms with Crippen LogP contribution < -0.4 is 5.32 Å². The molecule has 2 saturated carbocycles. The maximum atomic E-state index is 13.4. The summed E-state index contributed by atoms with van der Waals surface area (Å²) in [7, 11) is -3.91. The van der Waals surface area contributed by atoms with E-state index < -0.39 is 44.5 Å². The number of nitrogens with one attached hydrogen (secondary N) is 1. The van der Waals surface area contributed by atoms with E-state index in [4.69, 9.17) is 11.6 Å². The van der Waals surface area contributed by atoms with Gasteiger partial charge >= 0.3 is 0 Å². The second-order valence-electron chi connectivity index (χ2n) is 8.62. The number of hydrogen-bond acceptors (Lipinski definition) is 4. The minimum atomic E-state index is -3.91. The smallest absolute Gasteiger partial charge is 0.255 e. The minimum Gasteiger partial charge on any atom is -0.393 e. The standard InChI is InChI=1S/C22H21ClF3NO4S/c1-10-4-12-5-14(9-15(10)21(12)28)32(30,31)19-6-11(2-3-16(19)23)22(29)27-13-7-17(24)20(26)18(25)8-13/h2-3,6-8,10,12,14-15,21,28H,4-5,9H2,1H3,(H,27,29)/t10-,12?,14+,15?,21?/m0/s1. The van der Waals surface area contributed by atoms with E-state index in [2.05, 4.69) is 5.32 Å². The highest BCUT2D eigenvalue weighted by atomic mass is 35.5. The first-order valence-corrected chi connectivity index (χ1v) is 12.1. The number of fused-ring (bicyclic) bond motifs is 2. The third-order valence-corrected chi connectivity index (χ3v) is 9.26. The number of hydrogen-bond donors (Lipinski definition) is 2. The number of carbonyl (C=O) groups is 1. The maximum absolute atomic E-state index is 13.4. The number of anilines is 1. The Morgan fingerprint density at radius 3 is 2.38 bits per heavy atom. The summed E-state index contributed by atoms with van der Waals surface area (Å²) < 4.78 is 66.7. The van der Waals surface area contributed by atoms with Crippen LogP contribution in [0.5, 0.6) is 0 Å². The Hall–Kier alpha value is -2.10. The topological polar surface area (TPSA) is 83.5 Å². The molecule has 0 heterocycles. The summed E-state index contributed by atoms with van der Waals surface area (Å²) in [5, 5.41) is 11.8. The van der Waals surface area contributed by atoms with Crippen molar-refractivity contribution in [2.45, 2.75) is 42.4 Å². The van der Waals surface area contributed by atoms with Crippen molar-refractivity contribution in [2.24, 2.45) is 17.8 Å². The zero-order chi connectivity index (χ0) is 23.4. The lowest BCUT2D eigenvalue weighted by atomic mass is 9.84. The average molecular weight is 488 g/mol. The lowest BCUT2D eigenvalue weighted by Crippen LogP contribution is -2.38. The third kappa shape index (κ3) is 4.02. The fourth-order valence-electron chi connectivity index (χ4n) is 4.95. The van der Waals surface area contributed by atoms with Crippen LogP contribution in [0.4, 0.5) is 18.9 Å². The maximum Gasteiger partial charge on any atom is 0.255 e. The summed E-state index contributed by atoms with van der Waals surface area (Å²) in [6.07, 6.45) is 0.868. The third-order valence-electron chi connectivity index (χ3n) is 6.61. The second kappa shape index (κ2) is 8.35. The van der Waals surface area contributed by atoms with Crippen molar-refractivity contribution in [1.82, 2.24) is 0 Å². The van der Waals surface area contributed by atoms with Crippen LogP contribution in [0.1, 0.15) is 36.5 Å². The quantitative estimate of drug-likeness (QED) is 0.618. The zero-order valence-electron chi connectivity index (χ0n) is 17.0. The molecular formula is C22H21ClF3NO4S. The molecular weight excluding hydrogens is 467 g/mol. The number of aliphatic hydroxyl groups excluding tert-OH is 1. The molecule has 3 unspecified atom stereocenters. The Morgan fingerprint density at radius 2 is 1.75 bits per heavy atom. The SMILES string of the molecule is C[C@H]1CC2C[C@@H](S(=O)(=O)c3cc(C(=O)Nc4cc(F)c(F)c(F)c4)ccc3Cl)CC1C2O. The molecule has 2 N–H and O–H groups in total. The molecule has 2 aliphatic carbocycles. The van der Waals surface area contributed by atoms with E-state index in [1.807, 2.05) is 6.92 Å². The van der Waals surface area contributed by atoms with Crippen LogP contribution in [0, 0.1) is 35.2 Å². The van der Waals surface area contributed by atoms with Crippen molar-refractivity contribution in [3.05, 3.63) is 58.4 Å². The minimum absolute atomic E-state index is 0.0491. The average Bonchev–Trinajstić information content (AvgIpc) is 2.87. The first-order valence-electron chi connectivity index (χ1n) is 10.2. The molecule has 172 valence electrons. The van der Waals surface area contributed by atoms with Crippen LogP contribution >= 0.6 is 11.6 Å². The van der Waals surface area contributed by atoms with Gasteiger partial charge in [-0.3, -0.25) is 4.79 Å². The van der Waals surface area contributed by atoms with E-state index in [0.717, 1.165) is 12.5 Å². The first kappa shape index (κ1) is 23.1. The molecule has 2 bridgehead atoms. The molecule has 2 aliphatic rings. The molecule has 5 atom stereocenters. The fourth-order valence-corrected chi connectivity index (χ4v) is 7.36. The molecule has 5 nitrogen and oxygen atoms in total. The van der Waals surface area contributed by atoms with E-state index in [0.29, 0.717) is 25.0 Å². The van der Waals surface area contributed by atoms with Crippen LogP contribution in [0.25, 0.3) is 0 Å². The summed E-state index contributed by atoms with van der Waals surface area (Å²) in [5.41, 5.74) is -0.414. The van der Waals surface area contributed by atoms with Crippen molar-refractivity contribution in [3.63, 3.8) is 0 Å². The molecule has 2 aromatic carbocycles. The van der Waals surface area contributed by atoms with Gasteiger partial charge in [0.25, 0.3) is 5.91 Å². The largest absolute Gasteiger partial charge is 0.393 e. The van der Waals surface area contributed by atoms with E-state index in [1.165, 1.54) is 12.1 Å². The highest BCUT2D eigenvalue weighted by molar-refractivity contribution is 7.92. The number of rotatable bonds is 4. The molecule has 4 rings (SSSR count). The van der Waals surface area contributed by atoms with Crippen molar-refractivity contribution in [2.75, 3.05) is 5.32 Å². The van der Waals surface area contributed by atoms with Gasteiger partial charge in [-0.2, -0.15) is 0 Å². The van der Waals surface area contributed by atoms with E-state index in [9.17, 15) is 31.5 Å². The first-order chi connectivity index (χ1) is 15.0. The van der Waals surface area contributed by atoms with Gasteiger partial charge in [0.15, 0.2) is 27.3 Å². The molecule has 2 aromatic rings. The summed E-state index contributed by atoms with van der Waals surface area (Å²) in [5.74, 6) is -5.43. The molecule has 2 fully saturated rings. The van der Waals surface area contributed by atoms with Gasteiger partial charge in [0.1, 0.15) is 0 Å². The highest BCUT2D eigenvalue weighted by Crippen LogP contribution is 2.48. The van der Waals surface area contributed by atoms with Gasteiger partial charge in [-0.05, 0) is 55.2 Å². The monoisotopic (exact) mass is 487 g/mol. The zero-order valence-corrected chi connectivity index (χ0v) is 18.6. The van der Waals surface area contributed by atoms with Crippen molar-refractivity contribution in [3.8, 4) is 0 Å². The van der Waals surface area contributed by atoms with Crippen LogP contribution in [0.2, 0.25) is 5.02 Å². The van der Waals surface area contributed by atoms with Gasteiger partial charge in [-0.1, -0.05) is 18.5 Å². The molecule has 0 spiro atoms. The number of carbonyl (C=O) groups excluding carboxylic acids is 1. The number of amides is 1. The van der Waals surface area contributed by atoms with Gasteiger partial charge in [-0.25, -0.2) is 21.6 Å². The molecule has 1 amide bonds. The normalized spacial score (nSPS) is 27.4. The number of halogens is 4. The van der Waals surface area contributed by atoms with E-state index in [-0.39, 0.29) is 38.9 Å². The van der Waals surface area contributed by atoms with Crippen LogP contribution in [0.15, 0.2) is 35.2 Å². The van der Waals surface area contributed by atoms with Gasteiger partial charge in [0.2, 0.25) is 0 Å². The van der Waals surface area contributed by atoms with Gasteiger partial charge in [0.05, 0.1) is 21.3 Å². The van der Waals surface area contributed by atoms with Gasteiger partial charge in [-0.15, -0.1) is 0 Å². The van der Waals surface area contributed by atoms with Crippen LogP contribution in [-0.4, -0.2) is 30.8 Å². The number of aliphatic hydroxyl groups is 1. The lowest BCUT2D eigenvalue weighted by molar-refractivity contribution is 0.0552. The molecule has 0 saturated heterocycles. The Balaban J connectivity index is 1.61. The summed E-state index contributed by atoms with van der Waals surface area (Å²) in [6.45, 7) is 2.00. The molecule has 32 heavy (non-hydrogen) atoms. The Labute approximate surface area is 188 Å². The van der Waals surface area contributed by atoms with Crippen LogP contribution in [-0.2, 0) is 9.84 Å². The molecule has 0 aromatic heterocycles. The lowest BCUT2D eigenvalue weighted by Gasteiger charge is -2.32. The van der Waals surface area contributed by atoms with Gasteiger partial charge < -0.3 is 10.4 Å². The number of sulfone groups is 1. The number of benzene rings is 2. The highest BCUT2D eigenvalue weighted by Gasteiger charge is 2.49. The summed E-state index contributed by atoms with van der Waals surface area (Å²) in [6, 6.07) is 4.91. The van der Waals surface area contributed by atoms with Crippen LogP contribution in [0.3, 0.4) is 0 Å². The van der Waals surface area contributed by atoms with E-state index >= 15 is 0 Å². The molecule has 10 heteroatoms. The van der Waals surface area contributed by atoms with Crippen molar-refractivity contribution in [1.29, 1.82) is 0 Å². The van der Waals surface area contributed by atoms with E-state index in [1.54, 1.807) is 0 Å². The summed E-state index contributed by atoms with van der Waals surface area (Å²) in [4.78, 5) is 12.4. The van der Waals surface area contributed by atoms with Crippen molar-refractivity contribution >= 4 is 33.0 Å². The molecule has 0 radical (unpaired) electrons. The summed E-state index contributed by atoms with van der Waals surface area (Å²) >= 11 is 6.17. The van der Waals surface area contributed by atoms with Gasteiger partial charge in [0, 0.05) is 23.4 Å². The predicted molar refractivity (Wildman–Crippen MR) is 113 cm³/mol.